The summed E-state index contributed by atoms with van der Waals surface area (Å²) in [6, 6.07) is 11.5. The van der Waals surface area contributed by atoms with Gasteiger partial charge in [-0.3, -0.25) is 9.59 Å². The monoisotopic (exact) mass is 380 g/mol. The van der Waals surface area contributed by atoms with Crippen LogP contribution in [0, 0.1) is 13.8 Å². The molecule has 0 bridgehead atoms. The van der Waals surface area contributed by atoms with Crippen LogP contribution in [0.4, 0.5) is 0 Å². The van der Waals surface area contributed by atoms with E-state index in [-0.39, 0.29) is 12.8 Å². The summed E-state index contributed by atoms with van der Waals surface area (Å²) in [4.78, 5) is 21.1. The predicted octanol–water partition coefficient (Wildman–Crippen LogP) is 4.74. The van der Waals surface area contributed by atoms with Crippen LogP contribution in [0.1, 0.15) is 22.3 Å². The summed E-state index contributed by atoms with van der Waals surface area (Å²) in [6.45, 7) is 3.94. The van der Waals surface area contributed by atoms with Crippen LogP contribution in [0.25, 0.3) is 21.9 Å². The molecule has 0 saturated carbocycles. The van der Waals surface area contributed by atoms with Gasteiger partial charge in [0.15, 0.2) is 0 Å². The van der Waals surface area contributed by atoms with Crippen molar-refractivity contribution in [2.24, 2.45) is 0 Å². The maximum atomic E-state index is 10.6. The van der Waals surface area contributed by atoms with Crippen LogP contribution in [0.15, 0.2) is 57.8 Å². The van der Waals surface area contributed by atoms with Gasteiger partial charge in [0.1, 0.15) is 11.2 Å². The summed E-state index contributed by atoms with van der Waals surface area (Å²) in [7, 11) is 0. The Bertz CT molecular complexity index is 1060. The molecule has 0 aliphatic rings. The van der Waals surface area contributed by atoms with Crippen molar-refractivity contribution in [3.63, 3.8) is 0 Å². The first-order valence-electron chi connectivity index (χ1n) is 8.70. The highest BCUT2D eigenvalue weighted by Crippen LogP contribution is 2.23. The summed E-state index contributed by atoms with van der Waals surface area (Å²) >= 11 is 0. The molecule has 0 radical (unpaired) electrons. The number of carboxylic acid groups (broad SMARTS) is 2. The molecule has 0 fully saturated rings. The fourth-order valence-electron chi connectivity index (χ4n) is 2.99. The molecule has 6 heteroatoms. The van der Waals surface area contributed by atoms with Crippen molar-refractivity contribution in [1.29, 1.82) is 0 Å². The van der Waals surface area contributed by atoms with Crippen molar-refractivity contribution >= 4 is 33.9 Å². The number of carbonyl (C=O) groups is 2. The molecule has 4 aromatic rings. The molecule has 2 heterocycles. The lowest BCUT2D eigenvalue weighted by Crippen LogP contribution is -1.98. The highest BCUT2D eigenvalue weighted by Gasteiger charge is 2.09. The van der Waals surface area contributed by atoms with Crippen LogP contribution in [0.2, 0.25) is 0 Å². The van der Waals surface area contributed by atoms with Crippen LogP contribution < -0.4 is 0 Å². The molecule has 144 valence electrons. The number of aliphatic carboxylic acids is 2. The minimum atomic E-state index is -0.839. The smallest absolute Gasteiger partial charge is 0.307 e. The number of hydrogen-bond donors (Lipinski definition) is 2. The zero-order chi connectivity index (χ0) is 20.3. The average molecular weight is 380 g/mol. The Labute approximate surface area is 161 Å². The molecule has 0 amide bonds. The molecule has 2 N–H and O–H groups in total. The molecule has 6 nitrogen and oxygen atoms in total. The van der Waals surface area contributed by atoms with Gasteiger partial charge in [-0.1, -0.05) is 23.3 Å². The molecule has 0 unspecified atom stereocenters. The lowest BCUT2D eigenvalue weighted by atomic mass is 10.1. The van der Waals surface area contributed by atoms with E-state index in [9.17, 15) is 9.59 Å². The van der Waals surface area contributed by atoms with E-state index >= 15 is 0 Å². The molecule has 0 saturated heterocycles. The number of carboxylic acids is 2. The molecule has 0 aliphatic heterocycles. The van der Waals surface area contributed by atoms with Gasteiger partial charge in [0.05, 0.1) is 25.4 Å². The minimum Gasteiger partial charge on any atom is -0.481 e. The first-order chi connectivity index (χ1) is 13.3. The normalized spacial score (nSPS) is 10.6. The average Bonchev–Trinajstić information content (AvgIpc) is 3.19. The number of furan rings is 2. The van der Waals surface area contributed by atoms with Gasteiger partial charge in [-0.25, -0.2) is 0 Å². The van der Waals surface area contributed by atoms with Crippen LogP contribution in [0.5, 0.6) is 0 Å². The standard InChI is InChI=1S/2C11H10O3/c2*1-7-2-3-10-9(4-7)8(6-14-10)5-11(12)13/h2*2-4,6H,5H2,1H3,(H,12,13). The molecule has 4 rings (SSSR count). The predicted molar refractivity (Wildman–Crippen MR) is 105 cm³/mol. The molecule has 2 aromatic heterocycles. The summed E-state index contributed by atoms with van der Waals surface area (Å²) in [5, 5.41) is 19.1. The second kappa shape index (κ2) is 8.00. The van der Waals surface area contributed by atoms with E-state index in [2.05, 4.69) is 0 Å². The number of aryl methyl sites for hydroxylation is 2. The Kier molecular flexibility index (Phi) is 5.49. The maximum absolute atomic E-state index is 10.6. The van der Waals surface area contributed by atoms with Gasteiger partial charge in [0, 0.05) is 21.9 Å². The van der Waals surface area contributed by atoms with Gasteiger partial charge in [0.2, 0.25) is 0 Å². The number of hydrogen-bond acceptors (Lipinski definition) is 4. The first kappa shape index (κ1) is 19.2. The van der Waals surface area contributed by atoms with Crippen molar-refractivity contribution in [3.05, 3.63) is 71.2 Å². The SMILES string of the molecule is Cc1ccc2occ(CC(=O)O)c2c1.Cc1ccc2occ(CC(=O)O)c2c1. The third-order valence-corrected chi connectivity index (χ3v) is 4.30. The number of fused-ring (bicyclic) bond motifs is 2. The van der Waals surface area contributed by atoms with E-state index in [4.69, 9.17) is 19.0 Å². The number of benzene rings is 2. The quantitative estimate of drug-likeness (QED) is 0.530. The zero-order valence-electron chi connectivity index (χ0n) is 15.6. The topological polar surface area (TPSA) is 101 Å². The largest absolute Gasteiger partial charge is 0.481 e. The van der Waals surface area contributed by atoms with Gasteiger partial charge < -0.3 is 19.0 Å². The summed E-state index contributed by atoms with van der Waals surface area (Å²) in [5.74, 6) is -1.68. The molecule has 0 aliphatic carbocycles. The third kappa shape index (κ3) is 4.40. The molecular weight excluding hydrogens is 360 g/mol. The Hall–Kier alpha value is -3.54. The van der Waals surface area contributed by atoms with Crippen LogP contribution in [-0.4, -0.2) is 22.2 Å². The first-order valence-corrected chi connectivity index (χ1v) is 8.70. The van der Waals surface area contributed by atoms with Gasteiger partial charge in [0.25, 0.3) is 0 Å². The summed E-state index contributed by atoms with van der Waals surface area (Å²) < 4.78 is 10.5. The Balaban J connectivity index is 0.000000161. The highest BCUT2D eigenvalue weighted by atomic mass is 16.4. The Morgan fingerprint density at radius 3 is 1.50 bits per heavy atom. The van der Waals surface area contributed by atoms with Crippen LogP contribution in [-0.2, 0) is 22.4 Å². The lowest BCUT2D eigenvalue weighted by molar-refractivity contribution is -0.137. The minimum absolute atomic E-state index is 0.0104. The van der Waals surface area contributed by atoms with E-state index in [1.807, 2.05) is 50.2 Å². The number of rotatable bonds is 4. The zero-order valence-corrected chi connectivity index (χ0v) is 15.6. The van der Waals surface area contributed by atoms with E-state index in [0.29, 0.717) is 0 Å². The van der Waals surface area contributed by atoms with Crippen LogP contribution in [0.3, 0.4) is 0 Å². The Morgan fingerprint density at radius 1 is 0.750 bits per heavy atom. The van der Waals surface area contributed by atoms with Gasteiger partial charge >= 0.3 is 11.9 Å². The second-order valence-electron chi connectivity index (χ2n) is 6.66. The van der Waals surface area contributed by atoms with E-state index in [1.54, 1.807) is 0 Å². The van der Waals surface area contributed by atoms with Gasteiger partial charge in [-0.15, -0.1) is 0 Å². The lowest BCUT2D eigenvalue weighted by Gasteiger charge is -1.94. The van der Waals surface area contributed by atoms with Gasteiger partial charge in [-0.05, 0) is 38.1 Å². The van der Waals surface area contributed by atoms with E-state index in [0.717, 1.165) is 44.2 Å². The summed E-state index contributed by atoms with van der Waals surface area (Å²) in [5.41, 5.74) is 5.15. The van der Waals surface area contributed by atoms with Gasteiger partial charge in [-0.2, -0.15) is 0 Å². The van der Waals surface area contributed by atoms with Crippen LogP contribution >= 0.6 is 0 Å². The van der Waals surface area contributed by atoms with Crippen molar-refractivity contribution < 1.29 is 28.6 Å². The summed E-state index contributed by atoms with van der Waals surface area (Å²) in [6.07, 6.45) is 3.04. The molecule has 0 atom stereocenters. The second-order valence-corrected chi connectivity index (χ2v) is 6.66. The molecular formula is C22H20O6. The van der Waals surface area contributed by atoms with Crippen molar-refractivity contribution in [3.8, 4) is 0 Å². The van der Waals surface area contributed by atoms with E-state index in [1.165, 1.54) is 12.5 Å². The fourth-order valence-corrected chi connectivity index (χ4v) is 2.99. The molecule has 28 heavy (non-hydrogen) atoms. The van der Waals surface area contributed by atoms with E-state index < -0.39 is 11.9 Å². The highest BCUT2D eigenvalue weighted by molar-refractivity contribution is 5.86. The molecule has 2 aromatic carbocycles. The molecule has 0 spiro atoms. The van der Waals surface area contributed by atoms with Crippen molar-refractivity contribution in [1.82, 2.24) is 0 Å². The Morgan fingerprint density at radius 2 is 1.14 bits per heavy atom. The fraction of sp³-hybridized carbons (Fsp3) is 0.182. The maximum Gasteiger partial charge on any atom is 0.307 e. The third-order valence-electron chi connectivity index (χ3n) is 4.30. The van der Waals surface area contributed by atoms with Crippen molar-refractivity contribution in [2.45, 2.75) is 26.7 Å². The van der Waals surface area contributed by atoms with Crippen molar-refractivity contribution in [2.75, 3.05) is 0 Å².